The first-order valence-electron chi connectivity index (χ1n) is 4.57. The summed E-state index contributed by atoms with van der Waals surface area (Å²) in [6.07, 6.45) is -1.36. The van der Waals surface area contributed by atoms with Crippen LogP contribution in [0.5, 0.6) is 0 Å². The summed E-state index contributed by atoms with van der Waals surface area (Å²) in [5.41, 5.74) is -0.349. The molecule has 0 aromatic heterocycles. The van der Waals surface area contributed by atoms with E-state index >= 15 is 0 Å². The Morgan fingerprint density at radius 1 is 1.54 bits per heavy atom. The van der Waals surface area contributed by atoms with Gasteiger partial charge in [0, 0.05) is 24.5 Å². The molecule has 0 aromatic rings. The number of rotatable bonds is 2. The maximum Gasteiger partial charge on any atom is 0.255 e. The van der Waals surface area contributed by atoms with Crippen LogP contribution in [0.25, 0.3) is 0 Å². The summed E-state index contributed by atoms with van der Waals surface area (Å²) in [4.78, 5) is 11.3. The van der Waals surface area contributed by atoms with Crippen molar-refractivity contribution in [3.8, 4) is 0 Å². The third-order valence-corrected chi connectivity index (χ3v) is 1.98. The van der Waals surface area contributed by atoms with Gasteiger partial charge >= 0.3 is 0 Å². The topological polar surface area (TPSA) is 41.1 Å². The van der Waals surface area contributed by atoms with Crippen LogP contribution >= 0.6 is 0 Å². The van der Waals surface area contributed by atoms with Gasteiger partial charge in [0.15, 0.2) is 6.17 Å². The standard InChI is InChI=1S/C9H17FN2O/c1-9(2,3)12-8(13)7(10)6-4-11-5-6/h6-7,11H,4-5H2,1-3H3,(H,12,13). The lowest BCUT2D eigenvalue weighted by atomic mass is 9.96. The van der Waals surface area contributed by atoms with E-state index < -0.39 is 12.1 Å². The summed E-state index contributed by atoms with van der Waals surface area (Å²) in [6.45, 7) is 6.75. The summed E-state index contributed by atoms with van der Waals surface area (Å²) in [5, 5.41) is 5.57. The summed E-state index contributed by atoms with van der Waals surface area (Å²) < 4.78 is 13.3. The molecule has 1 aliphatic rings. The van der Waals surface area contributed by atoms with Crippen LogP contribution in [0.1, 0.15) is 20.8 Å². The van der Waals surface area contributed by atoms with Crippen molar-refractivity contribution in [3.05, 3.63) is 0 Å². The molecule has 1 rings (SSSR count). The molecule has 76 valence electrons. The molecule has 1 atom stereocenters. The fourth-order valence-electron chi connectivity index (χ4n) is 1.17. The van der Waals surface area contributed by atoms with E-state index in [0.717, 1.165) is 0 Å². The average molecular weight is 188 g/mol. The number of halogens is 1. The Labute approximate surface area is 78.1 Å². The predicted molar refractivity (Wildman–Crippen MR) is 49.2 cm³/mol. The average Bonchev–Trinajstić information content (AvgIpc) is 1.78. The Morgan fingerprint density at radius 2 is 2.08 bits per heavy atom. The number of amides is 1. The number of hydrogen-bond acceptors (Lipinski definition) is 2. The van der Waals surface area contributed by atoms with Gasteiger partial charge in [0.05, 0.1) is 0 Å². The Kier molecular flexibility index (Phi) is 2.91. The highest BCUT2D eigenvalue weighted by Crippen LogP contribution is 2.14. The van der Waals surface area contributed by atoms with Crippen LogP contribution < -0.4 is 10.6 Å². The molecule has 0 radical (unpaired) electrons. The summed E-state index contributed by atoms with van der Waals surface area (Å²) in [5.74, 6) is -0.624. The van der Waals surface area contributed by atoms with E-state index in [1.54, 1.807) is 0 Å². The van der Waals surface area contributed by atoms with Gasteiger partial charge in [-0.2, -0.15) is 0 Å². The van der Waals surface area contributed by atoms with Crippen LogP contribution in [-0.4, -0.2) is 30.7 Å². The lowest BCUT2D eigenvalue weighted by molar-refractivity contribution is -0.130. The molecule has 1 heterocycles. The molecule has 13 heavy (non-hydrogen) atoms. The van der Waals surface area contributed by atoms with Crippen LogP contribution in [0.2, 0.25) is 0 Å². The zero-order chi connectivity index (χ0) is 10.1. The lowest BCUT2D eigenvalue weighted by Gasteiger charge is -2.31. The van der Waals surface area contributed by atoms with Crippen LogP contribution in [0.4, 0.5) is 4.39 Å². The fourth-order valence-corrected chi connectivity index (χ4v) is 1.17. The van der Waals surface area contributed by atoms with E-state index in [4.69, 9.17) is 0 Å². The minimum absolute atomic E-state index is 0.137. The molecule has 0 spiro atoms. The van der Waals surface area contributed by atoms with E-state index in [2.05, 4.69) is 10.6 Å². The maximum atomic E-state index is 13.3. The monoisotopic (exact) mass is 188 g/mol. The third kappa shape index (κ3) is 2.95. The maximum absolute atomic E-state index is 13.3. The molecule has 2 N–H and O–H groups in total. The van der Waals surface area contributed by atoms with Crippen molar-refractivity contribution in [1.29, 1.82) is 0 Å². The number of hydrogen-bond donors (Lipinski definition) is 2. The third-order valence-electron chi connectivity index (χ3n) is 1.98. The van der Waals surface area contributed by atoms with Crippen molar-refractivity contribution in [2.24, 2.45) is 5.92 Å². The normalized spacial score (nSPS) is 20.6. The molecule has 1 fully saturated rings. The zero-order valence-corrected chi connectivity index (χ0v) is 8.36. The first kappa shape index (κ1) is 10.4. The summed E-state index contributed by atoms with van der Waals surface area (Å²) >= 11 is 0. The van der Waals surface area contributed by atoms with Gasteiger partial charge in [-0.05, 0) is 20.8 Å². The largest absolute Gasteiger partial charge is 0.349 e. The minimum Gasteiger partial charge on any atom is -0.349 e. The quantitative estimate of drug-likeness (QED) is 0.661. The highest BCUT2D eigenvalue weighted by atomic mass is 19.1. The fraction of sp³-hybridized carbons (Fsp3) is 0.889. The van der Waals surface area contributed by atoms with E-state index in [-0.39, 0.29) is 11.5 Å². The van der Waals surface area contributed by atoms with Gasteiger partial charge in [-0.25, -0.2) is 4.39 Å². The summed E-state index contributed by atoms with van der Waals surface area (Å²) in [7, 11) is 0. The van der Waals surface area contributed by atoms with Gasteiger partial charge in [0.1, 0.15) is 0 Å². The lowest BCUT2D eigenvalue weighted by Crippen LogP contribution is -2.54. The molecule has 1 unspecified atom stereocenters. The first-order chi connectivity index (χ1) is 5.90. The molecule has 1 saturated heterocycles. The van der Waals surface area contributed by atoms with Gasteiger partial charge in [-0.3, -0.25) is 4.79 Å². The van der Waals surface area contributed by atoms with E-state index in [0.29, 0.717) is 13.1 Å². The smallest absolute Gasteiger partial charge is 0.255 e. The second kappa shape index (κ2) is 3.62. The van der Waals surface area contributed by atoms with Crippen LogP contribution in [0.15, 0.2) is 0 Å². The van der Waals surface area contributed by atoms with Gasteiger partial charge in [0.2, 0.25) is 0 Å². The number of alkyl halides is 1. The zero-order valence-electron chi connectivity index (χ0n) is 8.36. The van der Waals surface area contributed by atoms with Crippen LogP contribution in [0.3, 0.4) is 0 Å². The van der Waals surface area contributed by atoms with Crippen molar-refractivity contribution in [1.82, 2.24) is 10.6 Å². The van der Waals surface area contributed by atoms with Gasteiger partial charge in [0.25, 0.3) is 5.91 Å². The Balaban J connectivity index is 2.38. The number of carbonyl (C=O) groups excluding carboxylic acids is 1. The Bertz CT molecular complexity index is 196. The summed E-state index contributed by atoms with van der Waals surface area (Å²) in [6, 6.07) is 0. The first-order valence-corrected chi connectivity index (χ1v) is 4.57. The molecule has 0 bridgehead atoms. The van der Waals surface area contributed by atoms with Crippen LogP contribution in [0, 0.1) is 5.92 Å². The predicted octanol–water partition coefficient (Wildman–Crippen LogP) is 0.459. The van der Waals surface area contributed by atoms with Crippen LogP contribution in [-0.2, 0) is 4.79 Å². The second-order valence-electron chi connectivity index (χ2n) is 4.56. The van der Waals surface area contributed by atoms with Gasteiger partial charge < -0.3 is 10.6 Å². The van der Waals surface area contributed by atoms with E-state index in [1.807, 2.05) is 20.8 Å². The van der Waals surface area contributed by atoms with Crippen molar-refractivity contribution < 1.29 is 9.18 Å². The van der Waals surface area contributed by atoms with Gasteiger partial charge in [-0.1, -0.05) is 0 Å². The van der Waals surface area contributed by atoms with Crippen molar-refractivity contribution >= 4 is 5.91 Å². The molecule has 0 aromatic carbocycles. The van der Waals surface area contributed by atoms with E-state index in [9.17, 15) is 9.18 Å². The van der Waals surface area contributed by atoms with Crippen molar-refractivity contribution in [2.45, 2.75) is 32.5 Å². The van der Waals surface area contributed by atoms with E-state index in [1.165, 1.54) is 0 Å². The number of carbonyl (C=O) groups is 1. The number of nitrogens with one attached hydrogen (secondary N) is 2. The molecule has 0 aliphatic carbocycles. The SMILES string of the molecule is CC(C)(C)NC(=O)C(F)C1CNC1. The molecule has 1 amide bonds. The second-order valence-corrected chi connectivity index (χ2v) is 4.56. The Morgan fingerprint density at radius 3 is 2.38 bits per heavy atom. The molecule has 3 nitrogen and oxygen atoms in total. The van der Waals surface area contributed by atoms with Gasteiger partial charge in [-0.15, -0.1) is 0 Å². The molecular formula is C9H17FN2O. The molecule has 0 saturated carbocycles. The van der Waals surface area contributed by atoms with Crippen molar-refractivity contribution in [3.63, 3.8) is 0 Å². The minimum atomic E-state index is -1.36. The molecular weight excluding hydrogens is 171 g/mol. The molecule has 1 aliphatic heterocycles. The highest BCUT2D eigenvalue weighted by molar-refractivity contribution is 5.81. The molecule has 4 heteroatoms. The highest BCUT2D eigenvalue weighted by Gasteiger charge is 2.33. The Hall–Kier alpha value is -0.640. The van der Waals surface area contributed by atoms with Crippen molar-refractivity contribution in [2.75, 3.05) is 13.1 Å².